The molecule has 1 N–H and O–H groups in total. The van der Waals surface area contributed by atoms with Crippen molar-refractivity contribution in [2.24, 2.45) is 5.10 Å². The molecule has 7 heteroatoms. The molecule has 0 unspecified atom stereocenters. The van der Waals surface area contributed by atoms with Gasteiger partial charge in [-0.15, -0.1) is 0 Å². The first-order valence-electron chi connectivity index (χ1n) is 9.46. The van der Waals surface area contributed by atoms with Gasteiger partial charge in [0, 0.05) is 5.39 Å². The molecule has 1 aromatic heterocycles. The Balaban J connectivity index is 1.64. The standard InChI is InChI=1S/C22H23ClN2O4/c1-4-14(3)28-20-8-6-15(10-18(20)23)13-24-25-22(26)21-12-16-11-17(27-5-2)7-9-19(16)29-21/h6-14H,4-5H2,1-3H3,(H,25,26)/b24-13+/t14-/m1/s1. The van der Waals surface area contributed by atoms with Crippen LogP contribution in [-0.4, -0.2) is 24.8 Å². The highest BCUT2D eigenvalue weighted by atomic mass is 35.5. The summed E-state index contributed by atoms with van der Waals surface area (Å²) in [4.78, 5) is 12.3. The van der Waals surface area contributed by atoms with Crippen molar-refractivity contribution in [1.82, 2.24) is 5.43 Å². The van der Waals surface area contributed by atoms with Crippen molar-refractivity contribution >= 4 is 34.7 Å². The van der Waals surface area contributed by atoms with E-state index in [1.807, 2.05) is 32.9 Å². The number of fused-ring (bicyclic) bond motifs is 1. The second kappa shape index (κ2) is 9.47. The van der Waals surface area contributed by atoms with Crippen molar-refractivity contribution in [3.8, 4) is 11.5 Å². The summed E-state index contributed by atoms with van der Waals surface area (Å²) >= 11 is 6.25. The molecule has 6 nitrogen and oxygen atoms in total. The minimum absolute atomic E-state index is 0.0831. The molecule has 0 saturated heterocycles. The quantitative estimate of drug-likeness (QED) is 0.394. The molecular formula is C22H23ClN2O4. The molecule has 0 aliphatic carbocycles. The van der Waals surface area contributed by atoms with Crippen molar-refractivity contribution in [3.05, 3.63) is 58.8 Å². The summed E-state index contributed by atoms with van der Waals surface area (Å²) in [6, 6.07) is 12.4. The number of furan rings is 1. The first kappa shape index (κ1) is 20.7. The van der Waals surface area contributed by atoms with Crippen LogP contribution in [0.4, 0.5) is 0 Å². The summed E-state index contributed by atoms with van der Waals surface area (Å²) < 4.78 is 16.8. The SMILES string of the molecule is CCOc1ccc2oc(C(=O)N/N=C/c3ccc(O[C@H](C)CC)c(Cl)c3)cc2c1. The number of ether oxygens (including phenoxy) is 2. The first-order valence-corrected chi connectivity index (χ1v) is 9.84. The van der Waals surface area contributed by atoms with Crippen molar-refractivity contribution in [1.29, 1.82) is 0 Å². The van der Waals surface area contributed by atoms with Crippen LogP contribution in [0.15, 0.2) is 52.0 Å². The number of carbonyl (C=O) groups excluding carboxylic acids is 1. The fourth-order valence-electron chi connectivity index (χ4n) is 2.60. The van der Waals surface area contributed by atoms with Gasteiger partial charge >= 0.3 is 5.91 Å². The van der Waals surface area contributed by atoms with Gasteiger partial charge in [-0.3, -0.25) is 4.79 Å². The molecule has 29 heavy (non-hydrogen) atoms. The molecule has 0 radical (unpaired) electrons. The third kappa shape index (κ3) is 5.29. The maximum Gasteiger partial charge on any atom is 0.307 e. The van der Waals surface area contributed by atoms with Gasteiger partial charge < -0.3 is 13.9 Å². The molecule has 0 aliphatic rings. The van der Waals surface area contributed by atoms with Gasteiger partial charge in [0.25, 0.3) is 0 Å². The Morgan fingerprint density at radius 2 is 2.07 bits per heavy atom. The van der Waals surface area contributed by atoms with E-state index in [-0.39, 0.29) is 11.9 Å². The normalized spacial score (nSPS) is 12.3. The highest BCUT2D eigenvalue weighted by Crippen LogP contribution is 2.26. The molecule has 0 spiro atoms. The van der Waals surface area contributed by atoms with Crippen LogP contribution in [0, 0.1) is 0 Å². The summed E-state index contributed by atoms with van der Waals surface area (Å²) in [6.45, 7) is 6.51. The van der Waals surface area contributed by atoms with Crippen LogP contribution in [0.3, 0.4) is 0 Å². The number of nitrogens with zero attached hydrogens (tertiary/aromatic N) is 1. The number of benzene rings is 2. The monoisotopic (exact) mass is 414 g/mol. The lowest BCUT2D eigenvalue weighted by molar-refractivity contribution is 0.0929. The third-order valence-corrected chi connectivity index (χ3v) is 4.56. The van der Waals surface area contributed by atoms with Crippen LogP contribution >= 0.6 is 11.6 Å². The molecule has 152 valence electrons. The Labute approximate surface area is 174 Å². The third-order valence-electron chi connectivity index (χ3n) is 4.26. The molecule has 3 aromatic rings. The van der Waals surface area contributed by atoms with E-state index in [0.717, 1.165) is 23.1 Å². The molecule has 3 rings (SSSR count). The Hall–Kier alpha value is -2.99. The first-order chi connectivity index (χ1) is 14.0. The van der Waals surface area contributed by atoms with Gasteiger partial charge in [-0.1, -0.05) is 18.5 Å². The second-order valence-electron chi connectivity index (χ2n) is 6.47. The molecule has 0 saturated carbocycles. The predicted octanol–water partition coefficient (Wildman–Crippen LogP) is 5.43. The van der Waals surface area contributed by atoms with Crippen LogP contribution < -0.4 is 14.9 Å². The topological polar surface area (TPSA) is 73.1 Å². The number of amides is 1. The average molecular weight is 415 g/mol. The lowest BCUT2D eigenvalue weighted by Crippen LogP contribution is -2.16. The Morgan fingerprint density at radius 1 is 1.24 bits per heavy atom. The van der Waals surface area contributed by atoms with Gasteiger partial charge in [0.2, 0.25) is 0 Å². The van der Waals surface area contributed by atoms with Crippen molar-refractivity contribution in [2.45, 2.75) is 33.3 Å². The minimum atomic E-state index is -0.446. The summed E-state index contributed by atoms with van der Waals surface area (Å²) in [7, 11) is 0. The van der Waals surface area contributed by atoms with Crippen molar-refractivity contribution in [2.75, 3.05) is 6.61 Å². The molecule has 1 amide bonds. The highest BCUT2D eigenvalue weighted by molar-refractivity contribution is 6.32. The van der Waals surface area contributed by atoms with Crippen LogP contribution in [0.1, 0.15) is 43.3 Å². The summed E-state index contributed by atoms with van der Waals surface area (Å²) in [5.41, 5.74) is 3.79. The van der Waals surface area contributed by atoms with E-state index < -0.39 is 5.91 Å². The zero-order valence-electron chi connectivity index (χ0n) is 16.6. The van der Waals surface area contributed by atoms with E-state index in [0.29, 0.717) is 23.0 Å². The Bertz CT molecular complexity index is 1030. The van der Waals surface area contributed by atoms with E-state index in [9.17, 15) is 4.79 Å². The van der Waals surface area contributed by atoms with Gasteiger partial charge in [0.15, 0.2) is 5.76 Å². The molecule has 2 aromatic carbocycles. The van der Waals surface area contributed by atoms with Crippen LogP contribution in [0.5, 0.6) is 11.5 Å². The summed E-state index contributed by atoms with van der Waals surface area (Å²) in [5.74, 6) is 1.07. The zero-order chi connectivity index (χ0) is 20.8. The van der Waals surface area contributed by atoms with E-state index in [1.54, 1.807) is 30.3 Å². The van der Waals surface area contributed by atoms with E-state index >= 15 is 0 Å². The van der Waals surface area contributed by atoms with Crippen molar-refractivity contribution in [3.63, 3.8) is 0 Å². The van der Waals surface area contributed by atoms with Crippen LogP contribution in [0.2, 0.25) is 5.02 Å². The largest absolute Gasteiger partial charge is 0.494 e. The molecule has 0 fully saturated rings. The van der Waals surface area contributed by atoms with Crippen LogP contribution in [-0.2, 0) is 0 Å². The number of halogens is 1. The summed E-state index contributed by atoms with van der Waals surface area (Å²) in [6.07, 6.45) is 2.48. The van der Waals surface area contributed by atoms with Gasteiger partial charge in [-0.25, -0.2) is 5.43 Å². The molecule has 1 atom stereocenters. The van der Waals surface area contributed by atoms with Gasteiger partial charge in [-0.05, 0) is 68.3 Å². The predicted molar refractivity (Wildman–Crippen MR) is 114 cm³/mol. The number of rotatable bonds is 8. The maximum atomic E-state index is 12.3. The van der Waals surface area contributed by atoms with Gasteiger partial charge in [-0.2, -0.15) is 5.10 Å². The van der Waals surface area contributed by atoms with Gasteiger partial charge in [0.05, 0.1) is 23.9 Å². The number of nitrogens with one attached hydrogen (secondary N) is 1. The highest BCUT2D eigenvalue weighted by Gasteiger charge is 2.12. The van der Waals surface area contributed by atoms with Crippen LogP contribution in [0.25, 0.3) is 11.0 Å². The Kier molecular flexibility index (Phi) is 6.77. The number of hydrogen-bond acceptors (Lipinski definition) is 5. The minimum Gasteiger partial charge on any atom is -0.494 e. The number of hydrazone groups is 1. The lowest BCUT2D eigenvalue weighted by atomic mass is 10.2. The van der Waals surface area contributed by atoms with E-state index in [4.69, 9.17) is 25.5 Å². The maximum absolute atomic E-state index is 12.3. The molecule has 0 bridgehead atoms. The summed E-state index contributed by atoms with van der Waals surface area (Å²) in [5, 5.41) is 5.25. The Morgan fingerprint density at radius 3 is 2.79 bits per heavy atom. The van der Waals surface area contributed by atoms with Crippen molar-refractivity contribution < 1.29 is 18.7 Å². The number of hydrogen-bond donors (Lipinski definition) is 1. The van der Waals surface area contributed by atoms with Gasteiger partial charge in [0.1, 0.15) is 17.1 Å². The molecular weight excluding hydrogens is 392 g/mol. The zero-order valence-corrected chi connectivity index (χ0v) is 17.3. The smallest absolute Gasteiger partial charge is 0.307 e. The molecule has 1 heterocycles. The lowest BCUT2D eigenvalue weighted by Gasteiger charge is -2.13. The fourth-order valence-corrected chi connectivity index (χ4v) is 2.84. The fraction of sp³-hybridized carbons (Fsp3) is 0.273. The second-order valence-corrected chi connectivity index (χ2v) is 6.88. The number of carbonyl (C=O) groups is 1. The average Bonchev–Trinajstić information content (AvgIpc) is 3.13. The molecule has 0 aliphatic heterocycles. The van der Waals surface area contributed by atoms with E-state index in [2.05, 4.69) is 10.5 Å². The van der Waals surface area contributed by atoms with E-state index in [1.165, 1.54) is 6.21 Å².